The van der Waals surface area contributed by atoms with E-state index >= 15 is 0 Å². The molecular formula is C23H19F3N2O2. The lowest BCUT2D eigenvalue weighted by atomic mass is 10.0. The van der Waals surface area contributed by atoms with E-state index in [0.29, 0.717) is 11.1 Å². The molecule has 0 unspecified atom stereocenters. The van der Waals surface area contributed by atoms with E-state index in [-0.39, 0.29) is 5.69 Å². The number of amides is 1. The molecule has 1 aliphatic rings. The van der Waals surface area contributed by atoms with E-state index in [1.165, 1.54) is 6.07 Å². The third-order valence-corrected chi connectivity index (χ3v) is 5.23. The van der Waals surface area contributed by atoms with Crippen molar-refractivity contribution in [3.05, 3.63) is 76.6 Å². The maximum atomic E-state index is 13.0. The van der Waals surface area contributed by atoms with Gasteiger partial charge in [-0.3, -0.25) is 4.79 Å². The third-order valence-electron chi connectivity index (χ3n) is 5.23. The molecule has 0 spiro atoms. The number of methoxy groups -OCH3 is 1. The van der Waals surface area contributed by atoms with Gasteiger partial charge in [0.25, 0.3) is 5.91 Å². The van der Waals surface area contributed by atoms with Crippen LogP contribution in [0.5, 0.6) is 5.75 Å². The van der Waals surface area contributed by atoms with Crippen molar-refractivity contribution in [3.8, 4) is 11.4 Å². The number of hydrogen-bond acceptors (Lipinski definition) is 2. The van der Waals surface area contributed by atoms with Crippen LogP contribution < -0.4 is 10.1 Å². The first-order chi connectivity index (χ1) is 14.2. The highest BCUT2D eigenvalue weighted by atomic mass is 19.4. The summed E-state index contributed by atoms with van der Waals surface area (Å²) in [6.07, 6.45) is -2.74. The van der Waals surface area contributed by atoms with E-state index in [2.05, 4.69) is 5.32 Å². The first-order valence-electron chi connectivity index (χ1n) is 9.27. The number of hydrogen-bond donors (Lipinski definition) is 1. The van der Waals surface area contributed by atoms with E-state index in [0.717, 1.165) is 40.5 Å². The lowest BCUT2D eigenvalue weighted by Gasteiger charge is -2.10. The Morgan fingerprint density at radius 2 is 1.73 bits per heavy atom. The van der Waals surface area contributed by atoms with Crippen LogP contribution in [0.1, 0.15) is 28.1 Å². The smallest absolute Gasteiger partial charge is 0.416 e. The number of ether oxygens (including phenoxy) is 1. The Morgan fingerprint density at radius 1 is 1.03 bits per heavy atom. The van der Waals surface area contributed by atoms with Crippen LogP contribution in [0.3, 0.4) is 0 Å². The Morgan fingerprint density at radius 3 is 2.37 bits per heavy atom. The maximum Gasteiger partial charge on any atom is 0.416 e. The Kier molecular flexibility index (Phi) is 4.68. The predicted molar refractivity (Wildman–Crippen MR) is 110 cm³/mol. The summed E-state index contributed by atoms with van der Waals surface area (Å²) in [6.45, 7) is 3.89. The van der Waals surface area contributed by atoms with Crippen molar-refractivity contribution in [2.24, 2.45) is 0 Å². The molecule has 0 atom stereocenters. The number of rotatable bonds is 3. The number of aromatic nitrogens is 1. The minimum Gasteiger partial charge on any atom is -0.497 e. The van der Waals surface area contributed by atoms with Crippen LogP contribution >= 0.6 is 0 Å². The van der Waals surface area contributed by atoms with E-state index in [1.54, 1.807) is 13.2 Å². The second-order valence-electron chi connectivity index (χ2n) is 7.13. The van der Waals surface area contributed by atoms with Crippen LogP contribution in [0.2, 0.25) is 0 Å². The van der Waals surface area contributed by atoms with Gasteiger partial charge in [0.2, 0.25) is 0 Å². The molecule has 7 heteroatoms. The molecule has 4 rings (SSSR count). The molecule has 0 fully saturated rings. The standard InChI is InChI=1S/C23H19F3N2O2/c1-13-10-15(14(2)28(13)17-5-7-18(30-3)8-6-17)11-20-19-9-4-16(23(24,25)26)12-21(19)27-22(20)29/h4-12H,1-3H3,(H,27,29)/b20-11+. The summed E-state index contributed by atoms with van der Waals surface area (Å²) in [5.74, 6) is 0.333. The van der Waals surface area contributed by atoms with Gasteiger partial charge in [0, 0.05) is 33.9 Å². The molecule has 1 aromatic heterocycles. The summed E-state index contributed by atoms with van der Waals surface area (Å²) in [5, 5.41) is 2.54. The van der Waals surface area contributed by atoms with Gasteiger partial charge >= 0.3 is 6.18 Å². The highest BCUT2D eigenvalue weighted by Crippen LogP contribution is 2.39. The minimum absolute atomic E-state index is 0.171. The topological polar surface area (TPSA) is 43.3 Å². The fourth-order valence-corrected chi connectivity index (χ4v) is 3.73. The summed E-state index contributed by atoms with van der Waals surface area (Å²) in [6, 6.07) is 12.9. The lowest BCUT2D eigenvalue weighted by molar-refractivity contribution is -0.137. The van der Waals surface area contributed by atoms with Crippen molar-refractivity contribution in [2.45, 2.75) is 20.0 Å². The lowest BCUT2D eigenvalue weighted by Crippen LogP contribution is -2.06. The van der Waals surface area contributed by atoms with Crippen LogP contribution in [0.25, 0.3) is 17.3 Å². The van der Waals surface area contributed by atoms with Gasteiger partial charge in [-0.2, -0.15) is 13.2 Å². The molecule has 0 saturated carbocycles. The van der Waals surface area contributed by atoms with Crippen LogP contribution in [-0.2, 0) is 11.0 Å². The number of fused-ring (bicyclic) bond motifs is 1. The molecule has 0 saturated heterocycles. The van der Waals surface area contributed by atoms with Crippen molar-refractivity contribution < 1.29 is 22.7 Å². The van der Waals surface area contributed by atoms with Gasteiger partial charge in [-0.1, -0.05) is 6.07 Å². The molecule has 2 heterocycles. The van der Waals surface area contributed by atoms with Crippen LogP contribution in [0.4, 0.5) is 18.9 Å². The van der Waals surface area contributed by atoms with Crippen LogP contribution in [-0.4, -0.2) is 17.6 Å². The van der Waals surface area contributed by atoms with Gasteiger partial charge in [0.05, 0.1) is 12.7 Å². The Balaban J connectivity index is 1.75. The molecule has 4 nitrogen and oxygen atoms in total. The zero-order valence-electron chi connectivity index (χ0n) is 16.6. The number of aryl methyl sites for hydroxylation is 1. The summed E-state index contributed by atoms with van der Waals surface area (Å²) in [7, 11) is 1.60. The SMILES string of the molecule is COc1ccc(-n2c(C)cc(/C=C3/C(=O)Nc4cc(C(F)(F)F)ccc43)c2C)cc1. The van der Waals surface area contributed by atoms with Gasteiger partial charge in [0.1, 0.15) is 5.75 Å². The normalized spacial score (nSPS) is 14.7. The van der Waals surface area contributed by atoms with Crippen molar-refractivity contribution in [1.29, 1.82) is 0 Å². The zero-order chi connectivity index (χ0) is 21.6. The summed E-state index contributed by atoms with van der Waals surface area (Å²) < 4.78 is 46.2. The second kappa shape index (κ2) is 7.09. The zero-order valence-corrected chi connectivity index (χ0v) is 16.6. The first kappa shape index (κ1) is 19.8. The average Bonchev–Trinajstić information content (AvgIpc) is 3.16. The van der Waals surface area contributed by atoms with E-state index < -0.39 is 17.6 Å². The first-order valence-corrected chi connectivity index (χ1v) is 9.27. The van der Waals surface area contributed by atoms with Gasteiger partial charge < -0.3 is 14.6 Å². The molecule has 0 radical (unpaired) electrons. The van der Waals surface area contributed by atoms with Crippen LogP contribution in [0.15, 0.2) is 48.5 Å². The number of alkyl halides is 3. The molecule has 30 heavy (non-hydrogen) atoms. The van der Waals surface area contributed by atoms with Gasteiger partial charge in [-0.05, 0) is 68.0 Å². The summed E-state index contributed by atoms with van der Waals surface area (Å²) in [4.78, 5) is 12.5. The third kappa shape index (κ3) is 3.36. The summed E-state index contributed by atoms with van der Waals surface area (Å²) >= 11 is 0. The molecule has 1 N–H and O–H groups in total. The molecule has 3 aromatic rings. The van der Waals surface area contributed by atoms with E-state index in [9.17, 15) is 18.0 Å². The fourth-order valence-electron chi connectivity index (χ4n) is 3.73. The monoisotopic (exact) mass is 412 g/mol. The molecular weight excluding hydrogens is 393 g/mol. The van der Waals surface area contributed by atoms with E-state index in [1.807, 2.05) is 48.7 Å². The highest BCUT2D eigenvalue weighted by molar-refractivity contribution is 6.35. The number of benzene rings is 2. The number of carbonyl (C=O) groups is 1. The van der Waals surface area contributed by atoms with Gasteiger partial charge in [-0.15, -0.1) is 0 Å². The predicted octanol–water partition coefficient (Wildman–Crippen LogP) is 5.61. The molecule has 0 bridgehead atoms. The fraction of sp³-hybridized carbons (Fsp3) is 0.174. The van der Waals surface area contributed by atoms with Crippen molar-refractivity contribution in [1.82, 2.24) is 4.57 Å². The second-order valence-corrected chi connectivity index (χ2v) is 7.13. The number of anilines is 1. The number of nitrogens with zero attached hydrogens (tertiary/aromatic N) is 1. The van der Waals surface area contributed by atoms with Gasteiger partial charge in [-0.25, -0.2) is 0 Å². The average molecular weight is 412 g/mol. The van der Waals surface area contributed by atoms with Gasteiger partial charge in [0.15, 0.2) is 0 Å². The van der Waals surface area contributed by atoms with Crippen LogP contribution in [0, 0.1) is 13.8 Å². The number of nitrogens with one attached hydrogen (secondary N) is 1. The maximum absolute atomic E-state index is 13.0. The van der Waals surface area contributed by atoms with Crippen molar-refractivity contribution in [3.63, 3.8) is 0 Å². The molecule has 154 valence electrons. The largest absolute Gasteiger partial charge is 0.497 e. The molecule has 0 aliphatic carbocycles. The minimum atomic E-state index is -4.46. The van der Waals surface area contributed by atoms with Crippen molar-refractivity contribution >= 4 is 23.2 Å². The number of halogens is 3. The Bertz CT molecular complexity index is 1170. The van der Waals surface area contributed by atoms with E-state index in [4.69, 9.17) is 4.74 Å². The quantitative estimate of drug-likeness (QED) is 0.568. The molecule has 1 amide bonds. The molecule has 1 aliphatic heterocycles. The summed E-state index contributed by atoms with van der Waals surface area (Å²) in [5.41, 5.74) is 3.83. The Hall–Kier alpha value is -3.48. The Labute approximate surface area is 171 Å². The number of carbonyl (C=O) groups excluding carboxylic acids is 1. The van der Waals surface area contributed by atoms with Crippen molar-refractivity contribution in [2.75, 3.05) is 12.4 Å². The highest BCUT2D eigenvalue weighted by Gasteiger charge is 2.33. The molecule has 2 aromatic carbocycles.